The maximum Gasteiger partial charge on any atom is 0.178 e. The van der Waals surface area contributed by atoms with Crippen molar-refractivity contribution < 1.29 is 0 Å². The van der Waals surface area contributed by atoms with Gasteiger partial charge in [0.05, 0.1) is 23.7 Å². The third-order valence-corrected chi connectivity index (χ3v) is 4.30. The second kappa shape index (κ2) is 6.73. The van der Waals surface area contributed by atoms with Crippen LogP contribution in [0.4, 0.5) is 0 Å². The molecule has 2 aromatic heterocycles. The molecule has 26 heavy (non-hydrogen) atoms. The predicted octanol–water partition coefficient (Wildman–Crippen LogP) is 4.73. The van der Waals surface area contributed by atoms with Gasteiger partial charge in [-0.05, 0) is 36.2 Å². The molecular weight excluding hydrogens is 320 g/mol. The number of aryl methyl sites for hydroxylation is 1. The molecule has 0 aliphatic rings. The molecular formula is C22H16N4. The highest BCUT2D eigenvalue weighted by Crippen LogP contribution is 2.26. The Balaban J connectivity index is 1.81. The van der Waals surface area contributed by atoms with Crippen LogP contribution in [0.5, 0.6) is 0 Å². The Labute approximate surface area is 151 Å². The van der Waals surface area contributed by atoms with Crippen molar-refractivity contribution in [2.75, 3.05) is 0 Å². The molecule has 0 aliphatic carbocycles. The van der Waals surface area contributed by atoms with E-state index in [4.69, 9.17) is 10.2 Å². The number of para-hydroxylation sites is 1. The molecule has 2 heterocycles. The van der Waals surface area contributed by atoms with Gasteiger partial charge in [0.15, 0.2) is 5.82 Å². The topological polar surface area (TPSA) is 62.5 Å². The van der Waals surface area contributed by atoms with E-state index in [0.29, 0.717) is 12.2 Å². The van der Waals surface area contributed by atoms with E-state index >= 15 is 0 Å². The summed E-state index contributed by atoms with van der Waals surface area (Å²) in [6.45, 7) is 2.03. The van der Waals surface area contributed by atoms with Gasteiger partial charge in [-0.3, -0.25) is 0 Å². The molecule has 0 spiro atoms. The fraction of sp³-hybridized carbons (Fsp3) is 0.0909. The lowest BCUT2D eigenvalue weighted by Gasteiger charge is -2.09. The van der Waals surface area contributed by atoms with Crippen LogP contribution in [-0.4, -0.2) is 15.0 Å². The highest BCUT2D eigenvalue weighted by Gasteiger charge is 2.10. The summed E-state index contributed by atoms with van der Waals surface area (Å²) in [7, 11) is 0. The summed E-state index contributed by atoms with van der Waals surface area (Å²) in [4.78, 5) is 13.9. The van der Waals surface area contributed by atoms with E-state index in [-0.39, 0.29) is 0 Å². The average Bonchev–Trinajstić information content (AvgIpc) is 2.68. The Morgan fingerprint density at radius 3 is 2.73 bits per heavy atom. The maximum atomic E-state index is 8.93. The predicted molar refractivity (Wildman–Crippen MR) is 102 cm³/mol. The number of benzene rings is 2. The van der Waals surface area contributed by atoms with E-state index in [2.05, 4.69) is 16.0 Å². The van der Waals surface area contributed by atoms with Crippen molar-refractivity contribution in [2.45, 2.75) is 13.3 Å². The molecule has 124 valence electrons. The van der Waals surface area contributed by atoms with Gasteiger partial charge in [-0.25, -0.2) is 15.0 Å². The van der Waals surface area contributed by atoms with Crippen LogP contribution < -0.4 is 0 Å². The van der Waals surface area contributed by atoms with E-state index in [1.54, 1.807) is 0 Å². The monoisotopic (exact) mass is 336 g/mol. The Morgan fingerprint density at radius 2 is 1.85 bits per heavy atom. The van der Waals surface area contributed by atoms with Crippen LogP contribution in [0.1, 0.15) is 11.1 Å². The van der Waals surface area contributed by atoms with Crippen molar-refractivity contribution in [1.82, 2.24) is 15.0 Å². The molecule has 0 unspecified atom stereocenters. The number of aromatic nitrogens is 3. The molecule has 4 rings (SSSR count). The average molecular weight is 336 g/mol. The minimum absolute atomic E-state index is 0.389. The summed E-state index contributed by atoms with van der Waals surface area (Å²) < 4.78 is 0. The summed E-state index contributed by atoms with van der Waals surface area (Å²) >= 11 is 0. The molecule has 0 fully saturated rings. The largest absolute Gasteiger partial charge is 0.244 e. The minimum atomic E-state index is 0.389. The second-order valence-electron chi connectivity index (χ2n) is 6.15. The molecule has 0 radical (unpaired) electrons. The SMILES string of the molecule is Cc1ccc(-c2ncc3ccccc3n2)nc1-c1cccc(CC#N)c1. The standard InChI is InChI=1S/C22H16N4/c1-15-9-10-20(22-24-14-18-6-2-3-8-19(18)26-22)25-21(15)17-7-4-5-16(13-17)11-12-23/h2-10,13-14H,11H2,1H3. The Kier molecular flexibility index (Phi) is 4.12. The van der Waals surface area contributed by atoms with Gasteiger partial charge in [-0.15, -0.1) is 0 Å². The second-order valence-corrected chi connectivity index (χ2v) is 6.15. The smallest absolute Gasteiger partial charge is 0.178 e. The van der Waals surface area contributed by atoms with Crippen LogP contribution in [0, 0.1) is 18.3 Å². The first-order valence-electron chi connectivity index (χ1n) is 8.41. The molecule has 0 aliphatic heterocycles. The van der Waals surface area contributed by atoms with E-state index in [1.807, 2.05) is 73.8 Å². The van der Waals surface area contributed by atoms with Crippen molar-refractivity contribution in [3.8, 4) is 28.8 Å². The summed E-state index contributed by atoms with van der Waals surface area (Å²) in [5, 5.41) is 9.94. The van der Waals surface area contributed by atoms with Gasteiger partial charge in [0.25, 0.3) is 0 Å². The normalized spacial score (nSPS) is 10.6. The van der Waals surface area contributed by atoms with E-state index in [0.717, 1.165) is 39.0 Å². The van der Waals surface area contributed by atoms with Crippen LogP contribution in [0.25, 0.3) is 33.7 Å². The van der Waals surface area contributed by atoms with Crippen molar-refractivity contribution in [2.24, 2.45) is 0 Å². The molecule has 0 bridgehead atoms. The van der Waals surface area contributed by atoms with Crippen LogP contribution in [0.15, 0.2) is 66.9 Å². The van der Waals surface area contributed by atoms with Crippen LogP contribution in [0.3, 0.4) is 0 Å². The molecule has 0 saturated heterocycles. The number of hydrogen-bond donors (Lipinski definition) is 0. The van der Waals surface area contributed by atoms with E-state index < -0.39 is 0 Å². The fourth-order valence-corrected chi connectivity index (χ4v) is 2.96. The number of nitriles is 1. The molecule has 0 atom stereocenters. The molecule has 0 saturated carbocycles. The van der Waals surface area contributed by atoms with Crippen LogP contribution >= 0.6 is 0 Å². The summed E-state index contributed by atoms with van der Waals surface area (Å²) in [6.07, 6.45) is 2.22. The Bertz CT molecular complexity index is 1140. The number of rotatable bonds is 3. The van der Waals surface area contributed by atoms with Gasteiger partial charge < -0.3 is 0 Å². The zero-order valence-corrected chi connectivity index (χ0v) is 14.3. The van der Waals surface area contributed by atoms with Crippen molar-refractivity contribution >= 4 is 10.9 Å². The number of hydrogen-bond acceptors (Lipinski definition) is 4. The highest BCUT2D eigenvalue weighted by molar-refractivity contribution is 5.79. The molecule has 2 aromatic carbocycles. The number of pyridine rings is 1. The molecule has 4 nitrogen and oxygen atoms in total. The first-order valence-corrected chi connectivity index (χ1v) is 8.41. The van der Waals surface area contributed by atoms with Crippen molar-refractivity contribution in [1.29, 1.82) is 5.26 Å². The Morgan fingerprint density at radius 1 is 0.962 bits per heavy atom. The first kappa shape index (κ1) is 15.9. The van der Waals surface area contributed by atoms with E-state index in [1.165, 1.54) is 0 Å². The van der Waals surface area contributed by atoms with E-state index in [9.17, 15) is 0 Å². The van der Waals surface area contributed by atoms with Gasteiger partial charge in [-0.1, -0.05) is 42.5 Å². The van der Waals surface area contributed by atoms with Gasteiger partial charge in [0.2, 0.25) is 0 Å². The fourth-order valence-electron chi connectivity index (χ4n) is 2.96. The van der Waals surface area contributed by atoms with Gasteiger partial charge in [0.1, 0.15) is 5.69 Å². The van der Waals surface area contributed by atoms with Crippen molar-refractivity contribution in [3.63, 3.8) is 0 Å². The maximum absolute atomic E-state index is 8.93. The molecule has 0 N–H and O–H groups in total. The van der Waals surface area contributed by atoms with Gasteiger partial charge >= 0.3 is 0 Å². The Hall–Kier alpha value is -3.58. The minimum Gasteiger partial charge on any atom is -0.244 e. The third-order valence-electron chi connectivity index (χ3n) is 4.30. The molecule has 4 aromatic rings. The zero-order valence-electron chi connectivity index (χ0n) is 14.3. The zero-order chi connectivity index (χ0) is 17.9. The molecule has 4 heteroatoms. The third kappa shape index (κ3) is 3.03. The molecule has 0 amide bonds. The van der Waals surface area contributed by atoms with Crippen LogP contribution in [0.2, 0.25) is 0 Å². The lowest BCUT2D eigenvalue weighted by Crippen LogP contribution is -1.96. The quantitative estimate of drug-likeness (QED) is 0.542. The lowest BCUT2D eigenvalue weighted by atomic mass is 10.0. The summed E-state index contributed by atoms with van der Waals surface area (Å²) in [6, 6.07) is 22.0. The number of nitrogens with zero attached hydrogens (tertiary/aromatic N) is 4. The van der Waals surface area contributed by atoms with Crippen molar-refractivity contribution in [3.05, 3.63) is 78.0 Å². The van der Waals surface area contributed by atoms with Gasteiger partial charge in [0, 0.05) is 17.1 Å². The summed E-state index contributed by atoms with van der Waals surface area (Å²) in [5.74, 6) is 0.609. The van der Waals surface area contributed by atoms with Crippen LogP contribution in [-0.2, 0) is 6.42 Å². The van der Waals surface area contributed by atoms with Gasteiger partial charge in [-0.2, -0.15) is 5.26 Å². The lowest BCUT2D eigenvalue weighted by molar-refractivity contribution is 1.16. The summed E-state index contributed by atoms with van der Waals surface area (Å²) in [5.41, 5.74) is 5.58. The first-order chi connectivity index (χ1) is 12.7. The number of fused-ring (bicyclic) bond motifs is 1. The highest BCUT2D eigenvalue weighted by atomic mass is 14.9.